The zero-order valence-electron chi connectivity index (χ0n) is 12.3. The molecule has 0 aliphatic rings. The Hall–Kier alpha value is -2.63. The summed E-state index contributed by atoms with van der Waals surface area (Å²) in [5.41, 5.74) is 1.48. The first kappa shape index (κ1) is 14.3. The summed E-state index contributed by atoms with van der Waals surface area (Å²) in [7, 11) is 0. The number of hydrogen-bond acceptors (Lipinski definition) is 4. The number of hydrogen-bond donors (Lipinski definition) is 1. The van der Waals surface area contributed by atoms with E-state index in [2.05, 4.69) is 17.1 Å². The number of para-hydroxylation sites is 1. The molecule has 1 aromatic carbocycles. The van der Waals surface area contributed by atoms with Crippen molar-refractivity contribution >= 4 is 16.9 Å². The van der Waals surface area contributed by atoms with Gasteiger partial charge in [-0.15, -0.1) is 10.2 Å². The van der Waals surface area contributed by atoms with Crippen molar-refractivity contribution in [2.75, 3.05) is 0 Å². The molecule has 0 saturated carbocycles. The molecule has 6 heteroatoms. The van der Waals surface area contributed by atoms with E-state index in [1.807, 2.05) is 30.3 Å². The van der Waals surface area contributed by atoms with Crippen LogP contribution in [0.2, 0.25) is 0 Å². The monoisotopic (exact) mass is 299 g/mol. The number of unbranched alkanes of at least 4 members (excludes halogenated alkanes) is 1. The average molecular weight is 299 g/mol. The third-order valence-corrected chi connectivity index (χ3v) is 3.53. The number of aliphatic carboxylic acids is 1. The minimum Gasteiger partial charge on any atom is -0.480 e. The summed E-state index contributed by atoms with van der Waals surface area (Å²) in [6, 6.07) is 9.50. The first-order chi connectivity index (χ1) is 10.7. The Kier molecular flexibility index (Phi) is 3.91. The summed E-state index contributed by atoms with van der Waals surface area (Å²) in [4.78, 5) is 11.2. The van der Waals surface area contributed by atoms with Gasteiger partial charge in [0.25, 0.3) is 5.89 Å². The topological polar surface area (TPSA) is 81.2 Å². The lowest BCUT2D eigenvalue weighted by Crippen LogP contribution is -2.09. The van der Waals surface area contributed by atoms with Crippen LogP contribution in [0, 0.1) is 0 Å². The van der Waals surface area contributed by atoms with Gasteiger partial charge in [0.05, 0.1) is 0 Å². The Labute approximate surface area is 127 Å². The highest BCUT2D eigenvalue weighted by Gasteiger charge is 2.17. The number of carboxylic acids is 1. The zero-order chi connectivity index (χ0) is 15.5. The summed E-state index contributed by atoms with van der Waals surface area (Å²) in [6.45, 7) is 1.96. The minimum absolute atomic E-state index is 0.143. The molecule has 0 fully saturated rings. The van der Waals surface area contributed by atoms with Gasteiger partial charge in [-0.2, -0.15) is 0 Å². The van der Waals surface area contributed by atoms with Crippen LogP contribution in [0.3, 0.4) is 0 Å². The van der Waals surface area contributed by atoms with Crippen LogP contribution >= 0.6 is 0 Å². The molecule has 0 aliphatic heterocycles. The molecule has 2 aromatic heterocycles. The Morgan fingerprint density at radius 3 is 2.91 bits per heavy atom. The molecular formula is C16H17N3O3. The van der Waals surface area contributed by atoms with Crippen molar-refractivity contribution in [1.29, 1.82) is 0 Å². The molecule has 0 spiro atoms. The van der Waals surface area contributed by atoms with Gasteiger partial charge in [-0.1, -0.05) is 31.5 Å². The molecule has 0 saturated heterocycles. The van der Waals surface area contributed by atoms with Gasteiger partial charge in [-0.3, -0.25) is 4.79 Å². The molecule has 2 heterocycles. The van der Waals surface area contributed by atoms with Gasteiger partial charge >= 0.3 is 5.97 Å². The van der Waals surface area contributed by atoms with Gasteiger partial charge in [-0.05, 0) is 18.6 Å². The number of carbonyl (C=O) groups is 1. The van der Waals surface area contributed by atoms with E-state index in [1.165, 1.54) is 0 Å². The van der Waals surface area contributed by atoms with Gasteiger partial charge in [0.15, 0.2) is 0 Å². The Bertz CT molecular complexity index is 804. The predicted molar refractivity (Wildman–Crippen MR) is 81.5 cm³/mol. The van der Waals surface area contributed by atoms with Crippen LogP contribution in [0.4, 0.5) is 0 Å². The second-order valence-corrected chi connectivity index (χ2v) is 5.17. The van der Waals surface area contributed by atoms with Crippen molar-refractivity contribution in [3.05, 3.63) is 36.2 Å². The molecule has 0 unspecified atom stereocenters. The number of nitrogens with zero attached hydrogens (tertiary/aromatic N) is 3. The van der Waals surface area contributed by atoms with E-state index in [9.17, 15) is 4.79 Å². The van der Waals surface area contributed by atoms with Crippen LogP contribution in [0.5, 0.6) is 0 Å². The van der Waals surface area contributed by atoms with E-state index in [1.54, 1.807) is 4.57 Å². The van der Waals surface area contributed by atoms with E-state index in [0.29, 0.717) is 17.5 Å². The molecule has 6 nitrogen and oxygen atoms in total. The van der Waals surface area contributed by atoms with Gasteiger partial charge in [0, 0.05) is 17.3 Å². The van der Waals surface area contributed by atoms with E-state index in [0.717, 1.165) is 30.2 Å². The lowest BCUT2D eigenvalue weighted by atomic mass is 10.2. The summed E-state index contributed by atoms with van der Waals surface area (Å²) in [5, 5.41) is 18.2. The number of aromatic nitrogens is 3. The molecule has 0 bridgehead atoms. The van der Waals surface area contributed by atoms with Crippen molar-refractivity contribution < 1.29 is 14.3 Å². The van der Waals surface area contributed by atoms with Gasteiger partial charge in [0.1, 0.15) is 12.2 Å². The van der Waals surface area contributed by atoms with Crippen molar-refractivity contribution in [2.45, 2.75) is 32.7 Å². The van der Waals surface area contributed by atoms with Crippen LogP contribution < -0.4 is 0 Å². The largest absolute Gasteiger partial charge is 0.480 e. The molecule has 3 aromatic rings. The lowest BCUT2D eigenvalue weighted by Gasteiger charge is -2.04. The summed E-state index contributed by atoms with van der Waals surface area (Å²) >= 11 is 0. The molecule has 0 atom stereocenters. The fourth-order valence-electron chi connectivity index (χ4n) is 2.48. The van der Waals surface area contributed by atoms with E-state index in [4.69, 9.17) is 9.52 Å². The maximum atomic E-state index is 11.2. The molecule has 114 valence electrons. The maximum absolute atomic E-state index is 11.2. The Morgan fingerprint density at radius 2 is 2.14 bits per heavy atom. The highest BCUT2D eigenvalue weighted by atomic mass is 16.4. The number of rotatable bonds is 6. The minimum atomic E-state index is -0.909. The Morgan fingerprint density at radius 1 is 1.32 bits per heavy atom. The maximum Gasteiger partial charge on any atom is 0.323 e. The zero-order valence-corrected chi connectivity index (χ0v) is 12.3. The van der Waals surface area contributed by atoms with Crippen LogP contribution in [-0.2, 0) is 17.8 Å². The second-order valence-electron chi connectivity index (χ2n) is 5.17. The third-order valence-electron chi connectivity index (χ3n) is 3.53. The van der Waals surface area contributed by atoms with Crippen molar-refractivity contribution in [2.24, 2.45) is 0 Å². The number of benzene rings is 1. The number of aryl methyl sites for hydroxylation is 1. The van der Waals surface area contributed by atoms with E-state index < -0.39 is 5.97 Å². The molecule has 0 radical (unpaired) electrons. The van der Waals surface area contributed by atoms with Crippen LogP contribution in [0.25, 0.3) is 22.5 Å². The quantitative estimate of drug-likeness (QED) is 0.756. The number of fused-ring (bicyclic) bond motifs is 1. The van der Waals surface area contributed by atoms with Gasteiger partial charge in [0.2, 0.25) is 5.89 Å². The highest BCUT2D eigenvalue weighted by Crippen LogP contribution is 2.27. The molecule has 3 rings (SSSR count). The normalized spacial score (nSPS) is 11.1. The first-order valence-corrected chi connectivity index (χ1v) is 7.32. The third kappa shape index (κ3) is 2.72. The van der Waals surface area contributed by atoms with E-state index in [-0.39, 0.29) is 6.54 Å². The summed E-state index contributed by atoms with van der Waals surface area (Å²) in [5.74, 6) is 0.0425. The molecule has 0 aliphatic carbocycles. The van der Waals surface area contributed by atoms with Gasteiger partial charge in [-0.25, -0.2) is 0 Å². The molecule has 1 N–H and O–H groups in total. The summed E-state index contributed by atoms with van der Waals surface area (Å²) < 4.78 is 7.38. The van der Waals surface area contributed by atoms with Crippen LogP contribution in [0.1, 0.15) is 25.7 Å². The standard InChI is InChI=1S/C16H17N3O3/c1-2-3-8-14-17-18-16(22-14)13-9-11-6-4-5-7-12(11)19(13)10-15(20)21/h4-7,9H,2-3,8,10H2,1H3,(H,20,21). The lowest BCUT2D eigenvalue weighted by molar-refractivity contribution is -0.137. The van der Waals surface area contributed by atoms with Crippen molar-refractivity contribution in [3.8, 4) is 11.6 Å². The second kappa shape index (κ2) is 6.01. The Balaban J connectivity index is 2.05. The molecule has 0 amide bonds. The fraction of sp³-hybridized carbons (Fsp3) is 0.312. The smallest absolute Gasteiger partial charge is 0.323 e. The van der Waals surface area contributed by atoms with E-state index >= 15 is 0 Å². The van der Waals surface area contributed by atoms with Crippen molar-refractivity contribution in [1.82, 2.24) is 14.8 Å². The fourth-order valence-corrected chi connectivity index (χ4v) is 2.48. The predicted octanol–water partition coefficient (Wildman–Crippen LogP) is 3.12. The van der Waals surface area contributed by atoms with Crippen LogP contribution in [-0.4, -0.2) is 25.8 Å². The number of carboxylic acid groups (broad SMARTS) is 1. The van der Waals surface area contributed by atoms with Gasteiger partial charge < -0.3 is 14.1 Å². The average Bonchev–Trinajstić information content (AvgIpc) is 3.10. The van der Waals surface area contributed by atoms with Crippen molar-refractivity contribution in [3.63, 3.8) is 0 Å². The molecular weight excluding hydrogens is 282 g/mol. The summed E-state index contributed by atoms with van der Waals surface area (Å²) in [6.07, 6.45) is 2.78. The molecule has 22 heavy (non-hydrogen) atoms. The highest BCUT2D eigenvalue weighted by molar-refractivity contribution is 5.87. The van der Waals surface area contributed by atoms with Crippen LogP contribution in [0.15, 0.2) is 34.7 Å². The first-order valence-electron chi connectivity index (χ1n) is 7.32. The SMILES string of the molecule is CCCCc1nnc(-c2cc3ccccc3n2CC(=O)O)o1.